The Kier molecular flexibility index (Phi) is 7.72. The minimum absolute atomic E-state index is 0.243. The molecule has 3 heterocycles. The van der Waals surface area contributed by atoms with Crippen LogP contribution in [0.1, 0.15) is 37.3 Å². The van der Waals surface area contributed by atoms with E-state index in [1.807, 2.05) is 36.0 Å². The van der Waals surface area contributed by atoms with Gasteiger partial charge in [-0.25, -0.2) is 9.37 Å². The topological polar surface area (TPSA) is 91.6 Å². The summed E-state index contributed by atoms with van der Waals surface area (Å²) in [7, 11) is 6.73. The average Bonchev–Trinajstić information content (AvgIpc) is 3.39. The number of halogens is 1. The number of ether oxygens (including phenoxy) is 5. The summed E-state index contributed by atoms with van der Waals surface area (Å²) in [5, 5.41) is 7.96. The van der Waals surface area contributed by atoms with E-state index >= 15 is 0 Å². The standard InChI is InChI=1S/C29H34FN5O5/c1-7-17(2)20-15-31-35-26(34(3)16-18-10-22(36-4)28(38-6)23(11-18)37-5)14-25(33-29(20)35)32-21-12-19(30)13-24-27(21)40-9-8-39-24/h10-15,17H,7-9,16H2,1-6H3,(H,32,33). The number of aromatic nitrogens is 3. The van der Waals surface area contributed by atoms with Crippen LogP contribution in [0.4, 0.5) is 21.7 Å². The molecule has 2 aromatic heterocycles. The van der Waals surface area contributed by atoms with Gasteiger partial charge in [-0.05, 0) is 30.0 Å². The van der Waals surface area contributed by atoms with Gasteiger partial charge in [0.1, 0.15) is 30.7 Å². The second kappa shape index (κ2) is 11.4. The van der Waals surface area contributed by atoms with Crippen molar-refractivity contribution in [3.63, 3.8) is 0 Å². The van der Waals surface area contributed by atoms with E-state index in [0.717, 1.165) is 23.4 Å². The number of hydrogen-bond donors (Lipinski definition) is 1. The molecule has 5 rings (SSSR count). The fourth-order valence-corrected chi connectivity index (χ4v) is 4.80. The molecular weight excluding hydrogens is 517 g/mol. The smallest absolute Gasteiger partial charge is 0.203 e. The van der Waals surface area contributed by atoms with Crippen LogP contribution in [-0.4, -0.2) is 56.2 Å². The molecule has 11 heteroatoms. The van der Waals surface area contributed by atoms with E-state index in [1.54, 1.807) is 21.3 Å². The average molecular weight is 552 g/mol. The van der Waals surface area contributed by atoms with Gasteiger partial charge in [-0.3, -0.25) is 0 Å². The zero-order valence-electron chi connectivity index (χ0n) is 23.6. The van der Waals surface area contributed by atoms with Crippen molar-refractivity contribution in [2.75, 3.05) is 51.8 Å². The fourth-order valence-electron chi connectivity index (χ4n) is 4.80. The third-order valence-corrected chi connectivity index (χ3v) is 7.03. The van der Waals surface area contributed by atoms with Gasteiger partial charge >= 0.3 is 0 Å². The van der Waals surface area contributed by atoms with Crippen LogP contribution in [0, 0.1) is 5.82 Å². The van der Waals surface area contributed by atoms with E-state index in [0.29, 0.717) is 65.7 Å². The molecule has 1 atom stereocenters. The van der Waals surface area contributed by atoms with Crippen molar-refractivity contribution in [2.45, 2.75) is 32.7 Å². The summed E-state index contributed by atoms with van der Waals surface area (Å²) in [4.78, 5) is 6.94. The Morgan fingerprint density at radius 1 is 1.05 bits per heavy atom. The first-order valence-corrected chi connectivity index (χ1v) is 13.1. The van der Waals surface area contributed by atoms with E-state index in [9.17, 15) is 4.39 Å². The molecule has 1 aliphatic rings. The highest BCUT2D eigenvalue weighted by Crippen LogP contribution is 2.41. The van der Waals surface area contributed by atoms with Crippen LogP contribution in [0.2, 0.25) is 0 Å². The number of rotatable bonds is 10. The number of anilines is 3. The summed E-state index contributed by atoms with van der Waals surface area (Å²) in [6.07, 6.45) is 2.79. The molecule has 1 aliphatic heterocycles. The lowest BCUT2D eigenvalue weighted by Crippen LogP contribution is -2.21. The van der Waals surface area contributed by atoms with Crippen LogP contribution in [0.15, 0.2) is 36.5 Å². The van der Waals surface area contributed by atoms with Gasteiger partial charge in [0, 0.05) is 37.4 Å². The van der Waals surface area contributed by atoms with Crippen molar-refractivity contribution < 1.29 is 28.1 Å². The summed E-state index contributed by atoms with van der Waals surface area (Å²) in [6.45, 7) is 5.52. The van der Waals surface area contributed by atoms with E-state index < -0.39 is 5.82 Å². The van der Waals surface area contributed by atoms with Gasteiger partial charge in [0.25, 0.3) is 0 Å². The lowest BCUT2D eigenvalue weighted by atomic mass is 10.0. The predicted octanol–water partition coefficient (Wildman–Crippen LogP) is 5.56. The maximum absolute atomic E-state index is 14.5. The van der Waals surface area contributed by atoms with E-state index in [1.165, 1.54) is 12.1 Å². The molecule has 0 fully saturated rings. The zero-order valence-corrected chi connectivity index (χ0v) is 23.6. The molecule has 1 N–H and O–H groups in total. The second-order valence-electron chi connectivity index (χ2n) is 9.64. The minimum Gasteiger partial charge on any atom is -0.493 e. The van der Waals surface area contributed by atoms with Crippen molar-refractivity contribution in [1.82, 2.24) is 14.6 Å². The van der Waals surface area contributed by atoms with Gasteiger partial charge in [0.15, 0.2) is 28.6 Å². The van der Waals surface area contributed by atoms with Crippen LogP contribution < -0.4 is 33.9 Å². The first kappa shape index (κ1) is 27.2. The monoisotopic (exact) mass is 551 g/mol. The molecule has 0 amide bonds. The van der Waals surface area contributed by atoms with E-state index in [2.05, 4.69) is 29.2 Å². The van der Waals surface area contributed by atoms with E-state index in [4.69, 9.17) is 28.7 Å². The molecule has 10 nitrogen and oxygen atoms in total. The summed E-state index contributed by atoms with van der Waals surface area (Å²) in [6, 6.07) is 8.41. The maximum atomic E-state index is 14.5. The second-order valence-corrected chi connectivity index (χ2v) is 9.64. The van der Waals surface area contributed by atoms with Gasteiger partial charge in [-0.15, -0.1) is 0 Å². The first-order valence-electron chi connectivity index (χ1n) is 13.1. The highest BCUT2D eigenvalue weighted by Gasteiger charge is 2.22. The molecule has 0 spiro atoms. The molecule has 4 aromatic rings. The van der Waals surface area contributed by atoms with Crippen LogP contribution in [0.3, 0.4) is 0 Å². The van der Waals surface area contributed by atoms with Crippen LogP contribution in [-0.2, 0) is 6.54 Å². The van der Waals surface area contributed by atoms with Crippen molar-refractivity contribution in [2.24, 2.45) is 0 Å². The lowest BCUT2D eigenvalue weighted by molar-refractivity contribution is 0.172. The summed E-state index contributed by atoms with van der Waals surface area (Å²) >= 11 is 0. The highest BCUT2D eigenvalue weighted by atomic mass is 19.1. The van der Waals surface area contributed by atoms with Gasteiger partial charge in [0.2, 0.25) is 5.75 Å². The Bertz CT molecular complexity index is 1500. The molecule has 0 saturated carbocycles. The third kappa shape index (κ3) is 5.11. The first-order chi connectivity index (χ1) is 19.4. The molecule has 0 radical (unpaired) electrons. The molecule has 0 aliphatic carbocycles. The largest absolute Gasteiger partial charge is 0.493 e. The number of nitrogens with one attached hydrogen (secondary N) is 1. The summed E-state index contributed by atoms with van der Waals surface area (Å²) in [5.74, 6) is 3.60. The van der Waals surface area contributed by atoms with Crippen molar-refractivity contribution >= 4 is 23.0 Å². The Morgan fingerprint density at radius 2 is 1.77 bits per heavy atom. The van der Waals surface area contributed by atoms with Crippen molar-refractivity contribution in [3.05, 3.63) is 53.5 Å². The van der Waals surface area contributed by atoms with Gasteiger partial charge in [-0.2, -0.15) is 9.61 Å². The van der Waals surface area contributed by atoms with Crippen LogP contribution in [0.5, 0.6) is 28.7 Å². The number of nitrogens with zero attached hydrogens (tertiary/aromatic N) is 4. The number of methoxy groups -OCH3 is 3. The van der Waals surface area contributed by atoms with Gasteiger partial charge in [-0.1, -0.05) is 13.8 Å². The number of fused-ring (bicyclic) bond motifs is 2. The molecular formula is C29H34FN5O5. The zero-order chi connectivity index (χ0) is 28.4. The molecule has 0 bridgehead atoms. The Labute approximate surface area is 232 Å². The van der Waals surface area contributed by atoms with Crippen LogP contribution >= 0.6 is 0 Å². The minimum atomic E-state index is -0.433. The molecule has 40 heavy (non-hydrogen) atoms. The van der Waals surface area contributed by atoms with Crippen LogP contribution in [0.25, 0.3) is 5.65 Å². The summed E-state index contributed by atoms with van der Waals surface area (Å²) < 4.78 is 44.3. The van der Waals surface area contributed by atoms with E-state index in [-0.39, 0.29) is 5.92 Å². The molecule has 2 aromatic carbocycles. The van der Waals surface area contributed by atoms with Crippen molar-refractivity contribution in [3.8, 4) is 28.7 Å². The Hall–Kier alpha value is -4.41. The van der Waals surface area contributed by atoms with Gasteiger partial charge < -0.3 is 33.9 Å². The molecule has 212 valence electrons. The molecule has 1 unspecified atom stereocenters. The number of benzene rings is 2. The lowest BCUT2D eigenvalue weighted by Gasteiger charge is -2.24. The summed E-state index contributed by atoms with van der Waals surface area (Å²) in [5.41, 5.74) is 3.12. The number of hydrogen-bond acceptors (Lipinski definition) is 9. The predicted molar refractivity (Wildman–Crippen MR) is 151 cm³/mol. The third-order valence-electron chi connectivity index (χ3n) is 7.03. The van der Waals surface area contributed by atoms with Crippen molar-refractivity contribution in [1.29, 1.82) is 0 Å². The quantitative estimate of drug-likeness (QED) is 0.272. The highest BCUT2D eigenvalue weighted by molar-refractivity contribution is 5.72. The Morgan fingerprint density at radius 3 is 2.45 bits per heavy atom. The molecule has 0 saturated heterocycles. The normalized spacial score (nSPS) is 13.2. The Balaban J connectivity index is 1.58. The van der Waals surface area contributed by atoms with Gasteiger partial charge in [0.05, 0.1) is 33.2 Å². The fraction of sp³-hybridized carbons (Fsp3) is 0.379. The maximum Gasteiger partial charge on any atom is 0.203 e. The SMILES string of the molecule is CCC(C)c1cnn2c(N(C)Cc3cc(OC)c(OC)c(OC)c3)cc(Nc3cc(F)cc4c3OCCO4)nc12.